The summed E-state index contributed by atoms with van der Waals surface area (Å²) in [5, 5.41) is 6.16. The van der Waals surface area contributed by atoms with Crippen molar-refractivity contribution < 1.29 is 9.53 Å². The van der Waals surface area contributed by atoms with Crippen molar-refractivity contribution in [3.05, 3.63) is 69.4 Å². The summed E-state index contributed by atoms with van der Waals surface area (Å²) in [6.45, 7) is 0.464. The van der Waals surface area contributed by atoms with Gasteiger partial charge in [-0.2, -0.15) is 5.10 Å². The minimum Gasteiger partial charge on any atom is -0.487 e. The summed E-state index contributed by atoms with van der Waals surface area (Å²) in [5.74, 6) is 0.873. The van der Waals surface area contributed by atoms with Crippen molar-refractivity contribution in [2.45, 2.75) is 19.4 Å². The molecular formula is C19H17N3O2S. The van der Waals surface area contributed by atoms with Crippen molar-refractivity contribution in [3.8, 4) is 5.75 Å². The Morgan fingerprint density at radius 3 is 2.88 bits per heavy atom. The molecule has 25 heavy (non-hydrogen) atoms. The van der Waals surface area contributed by atoms with Gasteiger partial charge in [0.25, 0.3) is 0 Å². The van der Waals surface area contributed by atoms with Gasteiger partial charge in [-0.3, -0.25) is 9.48 Å². The van der Waals surface area contributed by atoms with Gasteiger partial charge in [0, 0.05) is 23.7 Å². The zero-order valence-electron chi connectivity index (χ0n) is 13.8. The van der Waals surface area contributed by atoms with E-state index in [9.17, 15) is 4.79 Å². The molecule has 0 N–H and O–H groups in total. The lowest BCUT2D eigenvalue weighted by atomic mass is 9.90. The van der Waals surface area contributed by atoms with Gasteiger partial charge >= 0.3 is 0 Å². The summed E-state index contributed by atoms with van der Waals surface area (Å²) in [4.78, 5) is 16.8. The molecule has 1 aliphatic carbocycles. The number of rotatable bonds is 4. The van der Waals surface area contributed by atoms with Gasteiger partial charge in [0.2, 0.25) is 0 Å². The maximum absolute atomic E-state index is 12.6. The summed E-state index contributed by atoms with van der Waals surface area (Å²) in [5.41, 5.74) is 6.30. The molecule has 0 radical (unpaired) electrons. The van der Waals surface area contributed by atoms with Gasteiger partial charge < -0.3 is 4.74 Å². The first-order valence-electron chi connectivity index (χ1n) is 8.07. The lowest BCUT2D eigenvalue weighted by Gasteiger charge is -2.14. The molecule has 6 heteroatoms. The lowest BCUT2D eigenvalue weighted by molar-refractivity contribution is 0.102. The third-order valence-corrected chi connectivity index (χ3v) is 4.96. The van der Waals surface area contributed by atoms with Gasteiger partial charge in [-0.25, -0.2) is 4.98 Å². The quantitative estimate of drug-likeness (QED) is 0.673. The molecule has 3 aromatic rings. The van der Waals surface area contributed by atoms with Gasteiger partial charge in [-0.05, 0) is 36.6 Å². The Morgan fingerprint density at radius 1 is 1.28 bits per heavy atom. The van der Waals surface area contributed by atoms with E-state index in [1.54, 1.807) is 27.7 Å². The van der Waals surface area contributed by atoms with Crippen molar-refractivity contribution in [2.75, 3.05) is 0 Å². The average Bonchev–Trinajstić information content (AvgIpc) is 3.27. The number of aromatic nitrogens is 3. The highest BCUT2D eigenvalue weighted by molar-refractivity contribution is 7.07. The maximum Gasteiger partial charge on any atom is 0.192 e. The smallest absolute Gasteiger partial charge is 0.192 e. The number of fused-ring (bicyclic) bond motifs is 1. The Kier molecular flexibility index (Phi) is 4.19. The Bertz CT molecular complexity index is 924. The monoisotopic (exact) mass is 351 g/mol. The second kappa shape index (κ2) is 6.64. The summed E-state index contributed by atoms with van der Waals surface area (Å²) >= 11 is 1.56. The number of carbonyl (C=O) groups is 1. The zero-order chi connectivity index (χ0) is 17.2. The van der Waals surface area contributed by atoms with Crippen LogP contribution in [0.25, 0.3) is 6.08 Å². The van der Waals surface area contributed by atoms with Crippen molar-refractivity contribution in [2.24, 2.45) is 7.05 Å². The average molecular weight is 351 g/mol. The highest BCUT2D eigenvalue weighted by Gasteiger charge is 2.24. The SMILES string of the molecule is Cn1ncc2c1CC/C(=C\c1ccc(OCc3cscn3)cc1)C2=O. The number of carbonyl (C=O) groups excluding carboxylic acids is 1. The van der Waals surface area contributed by atoms with Crippen LogP contribution in [0.15, 0.2) is 46.9 Å². The van der Waals surface area contributed by atoms with Crippen LogP contribution in [0.2, 0.25) is 0 Å². The fourth-order valence-corrected chi connectivity index (χ4v) is 3.50. The van der Waals surface area contributed by atoms with Crippen LogP contribution in [-0.2, 0) is 20.1 Å². The zero-order valence-corrected chi connectivity index (χ0v) is 14.6. The molecule has 5 nitrogen and oxygen atoms in total. The molecule has 0 aliphatic heterocycles. The molecule has 126 valence electrons. The van der Waals surface area contributed by atoms with Crippen LogP contribution in [0.4, 0.5) is 0 Å². The van der Waals surface area contributed by atoms with E-state index in [2.05, 4.69) is 10.1 Å². The molecule has 1 aliphatic rings. The fraction of sp³-hybridized carbons (Fsp3) is 0.211. The minimum absolute atomic E-state index is 0.0817. The van der Waals surface area contributed by atoms with Gasteiger partial charge in [0.1, 0.15) is 12.4 Å². The van der Waals surface area contributed by atoms with Crippen LogP contribution in [0.5, 0.6) is 5.75 Å². The number of ketones is 1. The Morgan fingerprint density at radius 2 is 2.12 bits per heavy atom. The number of allylic oxidation sites excluding steroid dienone is 1. The molecule has 0 saturated heterocycles. The number of Topliss-reactive ketones (excluding diaryl/α,β-unsaturated/α-hetero) is 1. The Balaban J connectivity index is 1.47. The van der Waals surface area contributed by atoms with E-state index < -0.39 is 0 Å². The predicted octanol–water partition coefficient (Wildman–Crippen LogP) is 3.67. The summed E-state index contributed by atoms with van der Waals surface area (Å²) < 4.78 is 7.50. The van der Waals surface area contributed by atoms with Crippen molar-refractivity contribution in [1.29, 1.82) is 0 Å². The molecular weight excluding hydrogens is 334 g/mol. The molecule has 0 unspecified atom stereocenters. The molecule has 0 amide bonds. The third-order valence-electron chi connectivity index (χ3n) is 4.32. The molecule has 2 aromatic heterocycles. The van der Waals surface area contributed by atoms with E-state index in [1.807, 2.05) is 42.8 Å². The van der Waals surface area contributed by atoms with Crippen LogP contribution >= 0.6 is 11.3 Å². The molecule has 0 bridgehead atoms. The highest BCUT2D eigenvalue weighted by atomic mass is 32.1. The van der Waals surface area contributed by atoms with Crippen molar-refractivity contribution >= 4 is 23.2 Å². The summed E-state index contributed by atoms with van der Waals surface area (Å²) in [6.07, 6.45) is 5.22. The van der Waals surface area contributed by atoms with Crippen LogP contribution in [0.3, 0.4) is 0 Å². The van der Waals surface area contributed by atoms with E-state index in [1.165, 1.54) is 0 Å². The summed E-state index contributed by atoms with van der Waals surface area (Å²) in [7, 11) is 1.88. The van der Waals surface area contributed by atoms with Gasteiger partial charge in [-0.15, -0.1) is 11.3 Å². The van der Waals surface area contributed by atoms with Gasteiger partial charge in [0.05, 0.1) is 23.0 Å². The topological polar surface area (TPSA) is 57.0 Å². The second-order valence-corrected chi connectivity index (χ2v) is 6.68. The number of benzene rings is 1. The van der Waals surface area contributed by atoms with E-state index in [0.29, 0.717) is 6.61 Å². The van der Waals surface area contributed by atoms with E-state index in [-0.39, 0.29) is 5.78 Å². The second-order valence-electron chi connectivity index (χ2n) is 5.96. The van der Waals surface area contributed by atoms with E-state index >= 15 is 0 Å². The molecule has 4 rings (SSSR count). The number of hydrogen-bond donors (Lipinski definition) is 0. The van der Waals surface area contributed by atoms with Gasteiger partial charge in [-0.1, -0.05) is 12.1 Å². The van der Waals surface area contributed by atoms with Crippen LogP contribution in [0, 0.1) is 0 Å². The molecule has 0 spiro atoms. The summed E-state index contributed by atoms with van der Waals surface area (Å²) in [6, 6.07) is 7.77. The first-order valence-corrected chi connectivity index (χ1v) is 9.01. The number of aryl methyl sites for hydroxylation is 1. The number of thiazole rings is 1. The van der Waals surface area contributed by atoms with Crippen molar-refractivity contribution in [1.82, 2.24) is 14.8 Å². The van der Waals surface area contributed by atoms with Crippen LogP contribution < -0.4 is 4.74 Å². The number of nitrogens with zero attached hydrogens (tertiary/aromatic N) is 3. The predicted molar refractivity (Wildman–Crippen MR) is 96.7 cm³/mol. The maximum atomic E-state index is 12.6. The third kappa shape index (κ3) is 3.25. The fourth-order valence-electron chi connectivity index (χ4n) is 2.95. The normalized spacial score (nSPS) is 15.4. The standard InChI is InChI=1S/C19H17N3O2S/c1-22-18-7-4-14(19(23)17(18)9-21-22)8-13-2-5-16(6-3-13)24-10-15-11-25-12-20-15/h2-3,5-6,8-9,11-12H,4,7,10H2,1H3/b14-8+. The molecule has 0 fully saturated rings. The van der Waals surface area contributed by atoms with Gasteiger partial charge in [0.15, 0.2) is 5.78 Å². The van der Waals surface area contributed by atoms with Crippen molar-refractivity contribution in [3.63, 3.8) is 0 Å². The van der Waals surface area contributed by atoms with E-state index in [4.69, 9.17) is 4.74 Å². The lowest BCUT2D eigenvalue weighted by Crippen LogP contribution is -2.14. The van der Waals surface area contributed by atoms with E-state index in [0.717, 1.165) is 46.7 Å². The number of ether oxygens (including phenoxy) is 1. The first kappa shape index (κ1) is 15.8. The molecule has 1 aromatic carbocycles. The highest BCUT2D eigenvalue weighted by Crippen LogP contribution is 2.26. The first-order chi connectivity index (χ1) is 12.2. The molecule has 0 saturated carbocycles. The molecule has 2 heterocycles. The Hall–Kier alpha value is -2.73. The largest absolute Gasteiger partial charge is 0.487 e. The molecule has 0 atom stereocenters. The van der Waals surface area contributed by atoms with Crippen LogP contribution in [-0.4, -0.2) is 20.5 Å². The Labute approximate surface area is 149 Å². The van der Waals surface area contributed by atoms with Crippen LogP contribution in [0.1, 0.15) is 33.7 Å². The number of hydrogen-bond acceptors (Lipinski definition) is 5. The minimum atomic E-state index is 0.0817.